The number of piperazine rings is 1. The number of fused-ring (bicyclic) bond motifs is 1. The normalized spacial score (nSPS) is 15.8. The summed E-state index contributed by atoms with van der Waals surface area (Å²) in [6.45, 7) is 5.90. The third-order valence-electron chi connectivity index (χ3n) is 5.28. The van der Waals surface area contributed by atoms with Crippen LogP contribution in [0.4, 0.5) is 10.2 Å². The lowest BCUT2D eigenvalue weighted by Crippen LogP contribution is -2.48. The predicted octanol–water partition coefficient (Wildman–Crippen LogP) is 2.30. The van der Waals surface area contributed by atoms with Crippen molar-refractivity contribution in [2.45, 2.75) is 26.7 Å². The second-order valence-electron chi connectivity index (χ2n) is 7.53. The second-order valence-corrected chi connectivity index (χ2v) is 9.52. The molecule has 0 aliphatic carbocycles. The molecule has 1 saturated heterocycles. The summed E-state index contributed by atoms with van der Waals surface area (Å²) in [5.74, 6) is 1.19. The first-order chi connectivity index (χ1) is 14.3. The van der Waals surface area contributed by atoms with Crippen LogP contribution in [0.1, 0.15) is 24.9 Å². The van der Waals surface area contributed by atoms with E-state index in [4.69, 9.17) is 9.97 Å². The lowest BCUT2D eigenvalue weighted by atomic mass is 10.2. The molecule has 1 fully saturated rings. The summed E-state index contributed by atoms with van der Waals surface area (Å²) in [5.41, 5.74) is 2.18. The Morgan fingerprint density at radius 3 is 2.33 bits per heavy atom. The summed E-state index contributed by atoms with van der Waals surface area (Å²) in [5, 5.41) is 5.50. The van der Waals surface area contributed by atoms with Gasteiger partial charge in [-0.05, 0) is 37.6 Å². The fraction of sp³-hybridized carbons (Fsp3) is 0.450. The van der Waals surface area contributed by atoms with Gasteiger partial charge in [-0.1, -0.05) is 6.92 Å². The monoisotopic (exact) mass is 432 g/mol. The molecule has 0 amide bonds. The maximum Gasteiger partial charge on any atom is 0.211 e. The van der Waals surface area contributed by atoms with Crippen molar-refractivity contribution in [1.82, 2.24) is 24.1 Å². The molecule has 0 N–H and O–H groups in total. The van der Waals surface area contributed by atoms with E-state index in [-0.39, 0.29) is 5.82 Å². The molecule has 10 heteroatoms. The predicted molar refractivity (Wildman–Crippen MR) is 114 cm³/mol. The van der Waals surface area contributed by atoms with Crippen molar-refractivity contribution in [2.24, 2.45) is 0 Å². The van der Waals surface area contributed by atoms with Gasteiger partial charge in [-0.25, -0.2) is 27.5 Å². The minimum absolute atomic E-state index is 0.308. The number of aryl methyl sites for hydroxylation is 2. The highest BCUT2D eigenvalue weighted by Crippen LogP contribution is 2.30. The van der Waals surface area contributed by atoms with E-state index >= 15 is 0 Å². The Morgan fingerprint density at radius 2 is 1.73 bits per heavy atom. The first kappa shape index (κ1) is 20.7. The van der Waals surface area contributed by atoms with Crippen LogP contribution < -0.4 is 4.90 Å². The van der Waals surface area contributed by atoms with Gasteiger partial charge in [-0.15, -0.1) is 0 Å². The zero-order chi connectivity index (χ0) is 21.5. The van der Waals surface area contributed by atoms with Gasteiger partial charge in [0.2, 0.25) is 10.0 Å². The second kappa shape index (κ2) is 7.92. The number of benzene rings is 1. The average Bonchev–Trinajstić information content (AvgIpc) is 3.04. The van der Waals surface area contributed by atoms with Crippen molar-refractivity contribution in [3.05, 3.63) is 41.6 Å². The number of hydrogen-bond donors (Lipinski definition) is 0. The van der Waals surface area contributed by atoms with E-state index in [9.17, 15) is 12.8 Å². The summed E-state index contributed by atoms with van der Waals surface area (Å²) < 4.78 is 40.3. The highest BCUT2D eigenvalue weighted by Gasteiger charge is 2.27. The Morgan fingerprint density at radius 1 is 1.07 bits per heavy atom. The Kier molecular flexibility index (Phi) is 5.46. The summed E-state index contributed by atoms with van der Waals surface area (Å²) in [6, 6.07) is 6.15. The number of rotatable bonds is 5. The maximum atomic E-state index is 13.4. The smallest absolute Gasteiger partial charge is 0.211 e. The van der Waals surface area contributed by atoms with E-state index in [2.05, 4.69) is 16.9 Å². The summed E-state index contributed by atoms with van der Waals surface area (Å²) in [4.78, 5) is 11.7. The van der Waals surface area contributed by atoms with E-state index in [1.165, 1.54) is 22.7 Å². The molecule has 3 heterocycles. The SMILES string of the molecule is CCCc1nc(N2CCN(S(C)(=O)=O)CC2)c2c(C)nn(-c3ccc(F)cc3)c2n1. The van der Waals surface area contributed by atoms with Gasteiger partial charge in [0, 0.05) is 32.6 Å². The molecular weight excluding hydrogens is 407 g/mol. The molecule has 1 aliphatic rings. The third kappa shape index (κ3) is 3.89. The van der Waals surface area contributed by atoms with Crippen LogP contribution in [0.3, 0.4) is 0 Å². The first-order valence-corrected chi connectivity index (χ1v) is 11.8. The van der Waals surface area contributed by atoms with E-state index in [0.717, 1.165) is 35.4 Å². The molecule has 0 spiro atoms. The standard InChI is InChI=1S/C20H25FN6O2S/c1-4-5-17-22-19(25-10-12-26(13-11-25)30(3,28)29)18-14(2)24-27(20(18)23-17)16-8-6-15(21)7-9-16/h6-9H,4-5,10-13H2,1-3H3. The van der Waals surface area contributed by atoms with Crippen LogP contribution in [0, 0.1) is 12.7 Å². The molecule has 0 unspecified atom stereocenters. The summed E-state index contributed by atoms with van der Waals surface area (Å²) in [7, 11) is -3.21. The maximum absolute atomic E-state index is 13.4. The van der Waals surface area contributed by atoms with Crippen molar-refractivity contribution in [2.75, 3.05) is 37.3 Å². The minimum Gasteiger partial charge on any atom is -0.353 e. The summed E-state index contributed by atoms with van der Waals surface area (Å²) >= 11 is 0. The fourth-order valence-electron chi connectivity index (χ4n) is 3.76. The van der Waals surface area contributed by atoms with Gasteiger partial charge in [0.1, 0.15) is 17.5 Å². The van der Waals surface area contributed by atoms with Crippen LogP contribution in [0.25, 0.3) is 16.7 Å². The zero-order valence-corrected chi connectivity index (χ0v) is 18.2. The molecule has 1 aromatic carbocycles. The van der Waals surface area contributed by atoms with Gasteiger partial charge >= 0.3 is 0 Å². The van der Waals surface area contributed by atoms with E-state index in [1.807, 2.05) is 6.92 Å². The Labute approximate surface area is 175 Å². The van der Waals surface area contributed by atoms with Crippen LogP contribution in [0.2, 0.25) is 0 Å². The lowest BCUT2D eigenvalue weighted by molar-refractivity contribution is 0.387. The van der Waals surface area contributed by atoms with Crippen LogP contribution in [0.15, 0.2) is 24.3 Å². The van der Waals surface area contributed by atoms with E-state index in [0.29, 0.717) is 37.7 Å². The van der Waals surface area contributed by atoms with Gasteiger partial charge in [0.25, 0.3) is 0 Å². The number of nitrogens with zero attached hydrogens (tertiary/aromatic N) is 6. The lowest BCUT2D eigenvalue weighted by Gasteiger charge is -2.34. The molecule has 3 aromatic rings. The van der Waals surface area contributed by atoms with E-state index in [1.54, 1.807) is 16.8 Å². The van der Waals surface area contributed by atoms with Crippen molar-refractivity contribution in [3.63, 3.8) is 0 Å². The van der Waals surface area contributed by atoms with Gasteiger partial charge < -0.3 is 4.90 Å². The van der Waals surface area contributed by atoms with E-state index < -0.39 is 10.0 Å². The molecule has 0 bridgehead atoms. The number of hydrogen-bond acceptors (Lipinski definition) is 6. The Balaban J connectivity index is 1.81. The minimum atomic E-state index is -3.21. The van der Waals surface area contributed by atoms with Gasteiger partial charge in [0.15, 0.2) is 5.65 Å². The number of anilines is 1. The van der Waals surface area contributed by atoms with Crippen molar-refractivity contribution in [1.29, 1.82) is 0 Å². The topological polar surface area (TPSA) is 84.2 Å². The third-order valence-corrected chi connectivity index (χ3v) is 6.58. The molecule has 30 heavy (non-hydrogen) atoms. The zero-order valence-electron chi connectivity index (χ0n) is 17.3. The molecule has 0 atom stereocenters. The molecule has 1 aliphatic heterocycles. The average molecular weight is 433 g/mol. The van der Waals surface area contributed by atoms with Gasteiger partial charge in [-0.2, -0.15) is 9.40 Å². The van der Waals surface area contributed by atoms with Crippen LogP contribution >= 0.6 is 0 Å². The van der Waals surface area contributed by atoms with Gasteiger partial charge in [-0.3, -0.25) is 0 Å². The summed E-state index contributed by atoms with van der Waals surface area (Å²) in [6.07, 6.45) is 2.86. The number of aromatic nitrogens is 4. The number of sulfonamides is 1. The van der Waals surface area contributed by atoms with Crippen molar-refractivity contribution < 1.29 is 12.8 Å². The molecule has 160 valence electrons. The van der Waals surface area contributed by atoms with Crippen molar-refractivity contribution in [3.8, 4) is 5.69 Å². The van der Waals surface area contributed by atoms with Crippen LogP contribution in [-0.4, -0.2) is 64.9 Å². The molecule has 4 rings (SSSR count). The van der Waals surface area contributed by atoms with Crippen LogP contribution in [0.5, 0.6) is 0 Å². The van der Waals surface area contributed by atoms with Crippen LogP contribution in [-0.2, 0) is 16.4 Å². The first-order valence-electron chi connectivity index (χ1n) is 10.00. The molecule has 8 nitrogen and oxygen atoms in total. The highest BCUT2D eigenvalue weighted by atomic mass is 32.2. The Bertz CT molecular complexity index is 1170. The molecule has 0 radical (unpaired) electrons. The highest BCUT2D eigenvalue weighted by molar-refractivity contribution is 7.88. The van der Waals surface area contributed by atoms with Crippen molar-refractivity contribution >= 4 is 26.9 Å². The molecule has 0 saturated carbocycles. The molecular formula is C20H25FN6O2S. The number of halogens is 1. The van der Waals surface area contributed by atoms with Gasteiger partial charge in [0.05, 0.1) is 23.0 Å². The Hall–Kier alpha value is -2.59. The largest absolute Gasteiger partial charge is 0.353 e. The quantitative estimate of drug-likeness (QED) is 0.615. The fourth-order valence-corrected chi connectivity index (χ4v) is 4.59. The molecule has 2 aromatic heterocycles.